The maximum atomic E-state index is 13.8. The number of imidazole rings is 1. The second kappa shape index (κ2) is 6.39. The molecule has 1 amide bonds. The van der Waals surface area contributed by atoms with Crippen LogP contribution in [0, 0.1) is 18.6 Å². The number of nitrogens with one attached hydrogen (secondary N) is 1. The molecule has 0 bridgehead atoms. The highest BCUT2D eigenvalue weighted by Gasteiger charge is 2.20. The first-order valence-corrected chi connectivity index (χ1v) is 7.73. The predicted octanol–water partition coefficient (Wildman–Crippen LogP) is 4.13. The fraction of sp³-hybridized carbons (Fsp3) is 0.222. The first-order valence-electron chi connectivity index (χ1n) is 7.73. The molecule has 0 saturated carbocycles. The van der Waals surface area contributed by atoms with Crippen molar-refractivity contribution in [1.82, 2.24) is 9.38 Å². The van der Waals surface area contributed by atoms with Gasteiger partial charge in [0.25, 0.3) is 5.91 Å². The molecule has 2 aromatic heterocycles. The van der Waals surface area contributed by atoms with Crippen LogP contribution in [0.15, 0.2) is 36.5 Å². The lowest BCUT2D eigenvalue weighted by Crippen LogP contribution is -2.17. The highest BCUT2D eigenvalue weighted by molar-refractivity contribution is 6.04. The number of aryl methyl sites for hydroxylation is 2. The number of pyridine rings is 1. The summed E-state index contributed by atoms with van der Waals surface area (Å²) in [4.78, 5) is 17.2. The van der Waals surface area contributed by atoms with E-state index in [0.717, 1.165) is 24.1 Å². The van der Waals surface area contributed by atoms with E-state index in [4.69, 9.17) is 0 Å². The number of carbonyl (C=O) groups excluding carboxylic acids is 1. The van der Waals surface area contributed by atoms with Gasteiger partial charge >= 0.3 is 0 Å². The molecule has 3 rings (SSSR count). The standard InChI is InChI=1S/C18H17F2N3O/c1-3-4-15-17(23-8-7-11(2)9-16(23)21-15)18(24)22-14-6-5-12(19)10-13(14)20/h5-10H,3-4H2,1-2H3,(H,22,24). The molecular weight excluding hydrogens is 312 g/mol. The molecule has 0 aliphatic heterocycles. The van der Waals surface area contributed by atoms with Gasteiger partial charge < -0.3 is 5.32 Å². The average Bonchev–Trinajstić information content (AvgIpc) is 2.87. The van der Waals surface area contributed by atoms with E-state index in [2.05, 4.69) is 10.3 Å². The Hall–Kier alpha value is -2.76. The molecule has 0 atom stereocenters. The minimum atomic E-state index is -0.815. The summed E-state index contributed by atoms with van der Waals surface area (Å²) >= 11 is 0. The maximum absolute atomic E-state index is 13.8. The molecular formula is C18H17F2N3O. The zero-order valence-electron chi connectivity index (χ0n) is 13.4. The first kappa shape index (κ1) is 16.1. The largest absolute Gasteiger partial charge is 0.318 e. The monoisotopic (exact) mass is 329 g/mol. The zero-order valence-corrected chi connectivity index (χ0v) is 13.4. The Bertz CT molecular complexity index is 918. The third-order valence-corrected chi connectivity index (χ3v) is 3.74. The number of fused-ring (bicyclic) bond motifs is 1. The summed E-state index contributed by atoms with van der Waals surface area (Å²) in [7, 11) is 0. The molecule has 0 aliphatic carbocycles. The van der Waals surface area contributed by atoms with Crippen LogP contribution >= 0.6 is 0 Å². The van der Waals surface area contributed by atoms with Crippen molar-refractivity contribution in [3.05, 3.63) is 65.1 Å². The number of hydrogen-bond acceptors (Lipinski definition) is 2. The normalized spacial score (nSPS) is 11.0. The summed E-state index contributed by atoms with van der Waals surface area (Å²) in [5.74, 6) is -1.98. The third-order valence-electron chi connectivity index (χ3n) is 3.74. The lowest BCUT2D eigenvalue weighted by molar-refractivity contribution is 0.102. The predicted molar refractivity (Wildman–Crippen MR) is 88.2 cm³/mol. The minimum absolute atomic E-state index is 0.0640. The second-order valence-corrected chi connectivity index (χ2v) is 5.67. The Morgan fingerprint density at radius 1 is 1.25 bits per heavy atom. The van der Waals surface area contributed by atoms with Gasteiger partial charge in [-0.2, -0.15) is 0 Å². The Balaban J connectivity index is 2.03. The summed E-state index contributed by atoms with van der Waals surface area (Å²) < 4.78 is 28.5. The van der Waals surface area contributed by atoms with E-state index in [1.807, 2.05) is 26.0 Å². The van der Waals surface area contributed by atoms with Crippen molar-refractivity contribution >= 4 is 17.2 Å². The average molecular weight is 329 g/mol. The molecule has 3 aromatic rings. The van der Waals surface area contributed by atoms with Gasteiger partial charge in [0.05, 0.1) is 11.4 Å². The van der Waals surface area contributed by atoms with E-state index < -0.39 is 17.5 Å². The molecule has 0 unspecified atom stereocenters. The molecule has 0 radical (unpaired) electrons. The van der Waals surface area contributed by atoms with Crippen LogP contribution in [0.1, 0.15) is 35.1 Å². The number of carbonyl (C=O) groups is 1. The highest BCUT2D eigenvalue weighted by atomic mass is 19.1. The summed E-state index contributed by atoms with van der Waals surface area (Å²) in [5, 5.41) is 2.50. The van der Waals surface area contributed by atoms with Crippen LogP contribution in [0.3, 0.4) is 0 Å². The van der Waals surface area contributed by atoms with Gasteiger partial charge in [-0.25, -0.2) is 13.8 Å². The summed E-state index contributed by atoms with van der Waals surface area (Å²) in [6.45, 7) is 3.94. The Labute approximate surface area is 138 Å². The van der Waals surface area contributed by atoms with Gasteiger partial charge in [0, 0.05) is 12.3 Å². The fourth-order valence-corrected chi connectivity index (χ4v) is 2.62. The topological polar surface area (TPSA) is 46.4 Å². The van der Waals surface area contributed by atoms with Crippen LogP contribution in [0.5, 0.6) is 0 Å². The number of aromatic nitrogens is 2. The van der Waals surface area contributed by atoms with E-state index >= 15 is 0 Å². The van der Waals surface area contributed by atoms with Gasteiger partial charge in [-0.3, -0.25) is 9.20 Å². The van der Waals surface area contributed by atoms with E-state index in [1.165, 1.54) is 6.07 Å². The van der Waals surface area contributed by atoms with Crippen molar-refractivity contribution in [1.29, 1.82) is 0 Å². The molecule has 0 saturated heterocycles. The van der Waals surface area contributed by atoms with Gasteiger partial charge in [-0.1, -0.05) is 13.3 Å². The van der Waals surface area contributed by atoms with E-state index in [9.17, 15) is 13.6 Å². The number of benzene rings is 1. The number of halogens is 2. The molecule has 2 heterocycles. The van der Waals surface area contributed by atoms with Crippen molar-refractivity contribution in [2.75, 3.05) is 5.32 Å². The molecule has 0 aliphatic rings. The van der Waals surface area contributed by atoms with E-state index in [1.54, 1.807) is 10.6 Å². The lowest BCUT2D eigenvalue weighted by atomic mass is 10.2. The van der Waals surface area contributed by atoms with E-state index in [-0.39, 0.29) is 5.69 Å². The van der Waals surface area contributed by atoms with Gasteiger partial charge in [0.1, 0.15) is 23.0 Å². The van der Waals surface area contributed by atoms with Gasteiger partial charge in [-0.05, 0) is 43.2 Å². The zero-order chi connectivity index (χ0) is 17.3. The number of nitrogens with zero attached hydrogens (tertiary/aromatic N) is 2. The van der Waals surface area contributed by atoms with Crippen molar-refractivity contribution in [3.63, 3.8) is 0 Å². The van der Waals surface area contributed by atoms with Crippen LogP contribution < -0.4 is 5.32 Å². The first-order chi connectivity index (χ1) is 11.5. The fourth-order valence-electron chi connectivity index (χ4n) is 2.62. The highest BCUT2D eigenvalue weighted by Crippen LogP contribution is 2.20. The molecule has 0 fully saturated rings. The lowest BCUT2D eigenvalue weighted by Gasteiger charge is -2.08. The van der Waals surface area contributed by atoms with Crippen LogP contribution in [0.4, 0.5) is 14.5 Å². The molecule has 124 valence electrons. The number of anilines is 1. The SMILES string of the molecule is CCCc1nc2cc(C)ccn2c1C(=O)Nc1ccc(F)cc1F. The molecule has 1 aromatic carbocycles. The van der Waals surface area contributed by atoms with Crippen LogP contribution in [-0.4, -0.2) is 15.3 Å². The van der Waals surface area contributed by atoms with Crippen molar-refractivity contribution < 1.29 is 13.6 Å². The van der Waals surface area contributed by atoms with Crippen molar-refractivity contribution in [2.45, 2.75) is 26.7 Å². The van der Waals surface area contributed by atoms with Gasteiger partial charge in [0.2, 0.25) is 0 Å². The minimum Gasteiger partial charge on any atom is -0.318 e. The van der Waals surface area contributed by atoms with Crippen molar-refractivity contribution in [2.24, 2.45) is 0 Å². The summed E-state index contributed by atoms with van der Waals surface area (Å²) in [6.07, 6.45) is 3.23. The maximum Gasteiger partial charge on any atom is 0.274 e. The van der Waals surface area contributed by atoms with Crippen LogP contribution in [0.2, 0.25) is 0 Å². The van der Waals surface area contributed by atoms with Crippen molar-refractivity contribution in [3.8, 4) is 0 Å². The molecule has 24 heavy (non-hydrogen) atoms. The second-order valence-electron chi connectivity index (χ2n) is 5.67. The van der Waals surface area contributed by atoms with Crippen LogP contribution in [0.25, 0.3) is 5.65 Å². The number of amides is 1. The van der Waals surface area contributed by atoms with E-state index in [0.29, 0.717) is 23.5 Å². The Kier molecular flexibility index (Phi) is 4.29. The molecule has 1 N–H and O–H groups in total. The summed E-state index contributed by atoms with van der Waals surface area (Å²) in [5.41, 5.74) is 2.67. The number of hydrogen-bond donors (Lipinski definition) is 1. The smallest absolute Gasteiger partial charge is 0.274 e. The molecule has 4 nitrogen and oxygen atoms in total. The summed E-state index contributed by atoms with van der Waals surface area (Å²) in [6, 6.07) is 6.80. The Morgan fingerprint density at radius 3 is 2.75 bits per heavy atom. The quantitative estimate of drug-likeness (QED) is 0.782. The van der Waals surface area contributed by atoms with Crippen LogP contribution in [-0.2, 0) is 6.42 Å². The molecule has 0 spiro atoms. The third kappa shape index (κ3) is 2.99. The van der Waals surface area contributed by atoms with Gasteiger partial charge in [-0.15, -0.1) is 0 Å². The molecule has 6 heteroatoms. The number of rotatable bonds is 4. The Morgan fingerprint density at radius 2 is 2.04 bits per heavy atom. The van der Waals surface area contributed by atoms with Gasteiger partial charge in [0.15, 0.2) is 0 Å².